The number of pyridine rings is 1. The lowest BCUT2D eigenvalue weighted by Crippen LogP contribution is -2.41. The van der Waals surface area contributed by atoms with Gasteiger partial charge in [-0.25, -0.2) is 4.79 Å². The van der Waals surface area contributed by atoms with E-state index in [1.165, 1.54) is 0 Å². The van der Waals surface area contributed by atoms with Gasteiger partial charge in [-0.15, -0.1) is 0 Å². The van der Waals surface area contributed by atoms with Crippen molar-refractivity contribution in [2.24, 2.45) is 0 Å². The number of benzene rings is 2. The van der Waals surface area contributed by atoms with Gasteiger partial charge in [0, 0.05) is 42.7 Å². The summed E-state index contributed by atoms with van der Waals surface area (Å²) < 4.78 is 5.35. The van der Waals surface area contributed by atoms with Gasteiger partial charge in [-0.2, -0.15) is 0 Å². The average Bonchev–Trinajstić information content (AvgIpc) is 3.35. The van der Waals surface area contributed by atoms with Gasteiger partial charge in [-0.1, -0.05) is 35.9 Å². The van der Waals surface area contributed by atoms with Gasteiger partial charge in [0.2, 0.25) is 0 Å². The van der Waals surface area contributed by atoms with Crippen molar-refractivity contribution in [3.8, 4) is 11.1 Å². The van der Waals surface area contributed by atoms with E-state index < -0.39 is 11.7 Å². The summed E-state index contributed by atoms with van der Waals surface area (Å²) in [6, 6.07) is 16.9. The number of nitrogens with zero attached hydrogens (tertiary/aromatic N) is 2. The van der Waals surface area contributed by atoms with Crippen LogP contribution in [0.3, 0.4) is 0 Å². The third-order valence-corrected chi connectivity index (χ3v) is 6.45. The molecule has 1 atom stereocenters. The van der Waals surface area contributed by atoms with Gasteiger partial charge in [-0.3, -0.25) is 14.6 Å². The smallest absolute Gasteiger partial charge is 0.407 e. The summed E-state index contributed by atoms with van der Waals surface area (Å²) in [5.74, 6) is -0.460. The molecule has 4 rings (SSSR count). The highest BCUT2D eigenvalue weighted by Crippen LogP contribution is 2.25. The lowest BCUT2D eigenvalue weighted by atomic mass is 9.98. The Morgan fingerprint density at radius 1 is 0.974 bits per heavy atom. The molecule has 1 aliphatic heterocycles. The van der Waals surface area contributed by atoms with Crippen molar-refractivity contribution < 1.29 is 19.1 Å². The Kier molecular flexibility index (Phi) is 8.33. The van der Waals surface area contributed by atoms with Gasteiger partial charge < -0.3 is 20.3 Å². The molecule has 0 aliphatic carbocycles. The number of nitrogens with one attached hydrogen (secondary N) is 2. The fourth-order valence-electron chi connectivity index (χ4n) is 4.40. The van der Waals surface area contributed by atoms with Crippen LogP contribution in [0.4, 0.5) is 4.79 Å². The van der Waals surface area contributed by atoms with Crippen molar-refractivity contribution in [1.29, 1.82) is 0 Å². The van der Waals surface area contributed by atoms with Crippen LogP contribution in [-0.2, 0) is 11.3 Å². The van der Waals surface area contributed by atoms with E-state index in [0.717, 1.165) is 27.9 Å². The molecular weight excluding hydrogens is 492 g/mol. The average molecular weight is 529 g/mol. The molecule has 2 aromatic carbocycles. The number of amides is 3. The first-order chi connectivity index (χ1) is 18.5. The zero-order chi connectivity index (χ0) is 28.2. The van der Waals surface area contributed by atoms with Crippen LogP contribution in [0.1, 0.15) is 64.7 Å². The first-order valence-corrected chi connectivity index (χ1v) is 13.2. The summed E-state index contributed by atoms with van der Waals surface area (Å²) in [5, 5.41) is 5.80. The molecule has 3 aromatic rings. The molecule has 0 spiro atoms. The second-order valence-electron chi connectivity index (χ2n) is 11.0. The molecule has 0 radical (unpaired) electrons. The predicted molar refractivity (Wildman–Crippen MR) is 150 cm³/mol. The van der Waals surface area contributed by atoms with Gasteiger partial charge in [0.25, 0.3) is 11.8 Å². The highest BCUT2D eigenvalue weighted by molar-refractivity contribution is 6.01. The van der Waals surface area contributed by atoms with Crippen molar-refractivity contribution >= 4 is 17.9 Å². The van der Waals surface area contributed by atoms with E-state index in [-0.39, 0.29) is 17.9 Å². The van der Waals surface area contributed by atoms with Gasteiger partial charge in [0.1, 0.15) is 5.60 Å². The second-order valence-corrected chi connectivity index (χ2v) is 11.0. The molecular formula is C31H36N4O4. The van der Waals surface area contributed by atoms with Crippen LogP contribution in [0.25, 0.3) is 11.1 Å². The lowest BCUT2D eigenvalue weighted by molar-refractivity contribution is 0.0502. The van der Waals surface area contributed by atoms with E-state index >= 15 is 0 Å². The molecule has 1 saturated heterocycles. The first kappa shape index (κ1) is 27.8. The summed E-state index contributed by atoms with van der Waals surface area (Å²) in [7, 11) is 0. The van der Waals surface area contributed by atoms with E-state index in [1.807, 2.05) is 77.1 Å². The van der Waals surface area contributed by atoms with Crippen LogP contribution < -0.4 is 10.6 Å². The third-order valence-electron chi connectivity index (χ3n) is 6.45. The van der Waals surface area contributed by atoms with Gasteiger partial charge >= 0.3 is 6.09 Å². The maximum absolute atomic E-state index is 13.6. The monoisotopic (exact) mass is 528 g/mol. The van der Waals surface area contributed by atoms with Gasteiger partial charge in [0.05, 0.1) is 6.04 Å². The Labute approximate surface area is 229 Å². The van der Waals surface area contributed by atoms with Crippen LogP contribution in [-0.4, -0.2) is 52.5 Å². The Morgan fingerprint density at radius 3 is 2.36 bits per heavy atom. The van der Waals surface area contributed by atoms with Crippen LogP contribution in [0.2, 0.25) is 0 Å². The normalized spacial score (nSPS) is 15.1. The molecule has 8 heteroatoms. The molecule has 1 fully saturated rings. The quantitative estimate of drug-likeness (QED) is 0.467. The molecule has 0 bridgehead atoms. The number of carbonyl (C=O) groups is 3. The maximum atomic E-state index is 13.6. The standard InChI is InChI=1S/C31H36N4O4/c1-20-6-10-23(11-7-20)24-14-25(28(36)33-18-22-9-8-21(2)32-17-22)16-26(15-24)29(37)35-13-12-27(19-35)34-30(38)39-31(3,4)5/h6-11,14-17,27H,12-13,18-19H2,1-5H3,(H,33,36)(H,34,38)/t27-/m1/s1. The van der Waals surface area contributed by atoms with E-state index in [9.17, 15) is 14.4 Å². The molecule has 1 aliphatic rings. The molecule has 3 amide bonds. The number of likely N-dealkylation sites (tertiary alicyclic amines) is 1. The van der Waals surface area contributed by atoms with E-state index in [0.29, 0.717) is 37.2 Å². The summed E-state index contributed by atoms with van der Waals surface area (Å²) in [5.41, 5.74) is 4.85. The fourth-order valence-corrected chi connectivity index (χ4v) is 4.40. The number of alkyl carbamates (subject to hydrolysis) is 1. The SMILES string of the molecule is Cc1ccc(-c2cc(C(=O)NCc3ccc(C)nc3)cc(C(=O)N3CC[C@@H](NC(=O)OC(C)(C)C)C3)c2)cc1. The lowest BCUT2D eigenvalue weighted by Gasteiger charge is -2.22. The van der Waals surface area contributed by atoms with E-state index in [2.05, 4.69) is 15.6 Å². The summed E-state index contributed by atoms with van der Waals surface area (Å²) >= 11 is 0. The number of rotatable bonds is 6. The van der Waals surface area contributed by atoms with Gasteiger partial charge in [-0.05, 0) is 82.0 Å². The summed E-state index contributed by atoms with van der Waals surface area (Å²) in [6.07, 6.45) is 1.87. The molecule has 204 valence electrons. The minimum absolute atomic E-state index is 0.186. The first-order valence-electron chi connectivity index (χ1n) is 13.2. The van der Waals surface area contributed by atoms with Crippen LogP contribution in [0, 0.1) is 13.8 Å². The molecule has 2 heterocycles. The Balaban J connectivity index is 1.53. The largest absolute Gasteiger partial charge is 0.444 e. The van der Waals surface area contributed by atoms with E-state index in [4.69, 9.17) is 4.74 Å². The number of hydrogen-bond donors (Lipinski definition) is 2. The van der Waals surface area contributed by atoms with Crippen molar-refractivity contribution in [3.63, 3.8) is 0 Å². The van der Waals surface area contributed by atoms with Crippen molar-refractivity contribution in [2.75, 3.05) is 13.1 Å². The number of aromatic nitrogens is 1. The van der Waals surface area contributed by atoms with Crippen LogP contribution in [0.15, 0.2) is 60.8 Å². The topological polar surface area (TPSA) is 101 Å². The summed E-state index contributed by atoms with van der Waals surface area (Å²) in [6.45, 7) is 10.5. The maximum Gasteiger partial charge on any atom is 0.407 e. The van der Waals surface area contributed by atoms with Crippen LogP contribution in [0.5, 0.6) is 0 Å². The molecule has 2 N–H and O–H groups in total. The van der Waals surface area contributed by atoms with Crippen molar-refractivity contribution in [1.82, 2.24) is 20.5 Å². The number of carbonyl (C=O) groups excluding carboxylic acids is 3. The minimum atomic E-state index is -0.596. The van der Waals surface area contributed by atoms with Gasteiger partial charge in [0.15, 0.2) is 0 Å². The van der Waals surface area contributed by atoms with E-state index in [1.54, 1.807) is 23.2 Å². The second kappa shape index (κ2) is 11.7. The Bertz CT molecular complexity index is 1340. The highest BCUT2D eigenvalue weighted by atomic mass is 16.6. The number of ether oxygens (including phenoxy) is 1. The predicted octanol–water partition coefficient (Wildman–Crippen LogP) is 5.03. The molecule has 0 unspecified atom stereocenters. The van der Waals surface area contributed by atoms with Crippen molar-refractivity contribution in [2.45, 2.75) is 59.2 Å². The Morgan fingerprint density at radius 2 is 1.69 bits per heavy atom. The fraction of sp³-hybridized carbons (Fsp3) is 0.355. The summed E-state index contributed by atoms with van der Waals surface area (Å²) in [4.78, 5) is 44.9. The highest BCUT2D eigenvalue weighted by Gasteiger charge is 2.30. The molecule has 0 saturated carbocycles. The third kappa shape index (κ3) is 7.66. The molecule has 8 nitrogen and oxygen atoms in total. The zero-order valence-corrected chi connectivity index (χ0v) is 23.2. The minimum Gasteiger partial charge on any atom is -0.444 e. The number of aryl methyl sites for hydroxylation is 2. The Hall–Kier alpha value is -4.20. The van der Waals surface area contributed by atoms with Crippen LogP contribution >= 0.6 is 0 Å². The van der Waals surface area contributed by atoms with Crippen molar-refractivity contribution in [3.05, 3.63) is 88.7 Å². The number of hydrogen-bond acceptors (Lipinski definition) is 5. The molecule has 39 heavy (non-hydrogen) atoms. The zero-order valence-electron chi connectivity index (χ0n) is 23.2. The molecule has 1 aromatic heterocycles.